The summed E-state index contributed by atoms with van der Waals surface area (Å²) in [7, 11) is 1.74. The van der Waals surface area contributed by atoms with Gasteiger partial charge in [-0.1, -0.05) is 13.3 Å². The average molecular weight is 383 g/mol. The lowest BCUT2D eigenvalue weighted by Gasteiger charge is -2.16. The standard InChI is InChI=1S/C21H25N3O4/c1-4-6-13-24(3)20(26)16-11-12-22-18(14-16)19(25)23-17-9-7-15(8-10-17)21(27)28-5-2/h7-12,14H,4-6,13H2,1-3H3,(H,23,25). The van der Waals surface area contributed by atoms with Crippen molar-refractivity contribution in [2.24, 2.45) is 0 Å². The van der Waals surface area contributed by atoms with Crippen LogP contribution in [-0.2, 0) is 4.74 Å². The Bertz CT molecular complexity index is 834. The first kappa shape index (κ1) is 21.1. The summed E-state index contributed by atoms with van der Waals surface area (Å²) in [5, 5.41) is 2.71. The molecule has 0 atom stereocenters. The molecule has 2 amide bonds. The first-order chi connectivity index (χ1) is 13.5. The molecule has 0 aliphatic heterocycles. The molecule has 2 aromatic rings. The number of rotatable bonds is 8. The lowest BCUT2D eigenvalue weighted by Crippen LogP contribution is -2.28. The number of amides is 2. The Labute approximate surface area is 164 Å². The van der Waals surface area contributed by atoms with Crippen LogP contribution in [-0.4, -0.2) is 47.9 Å². The fraction of sp³-hybridized carbons (Fsp3) is 0.333. The second kappa shape index (κ2) is 10.2. The van der Waals surface area contributed by atoms with Gasteiger partial charge >= 0.3 is 5.97 Å². The van der Waals surface area contributed by atoms with Crippen LogP contribution in [0.1, 0.15) is 57.9 Å². The van der Waals surface area contributed by atoms with Crippen molar-refractivity contribution in [1.29, 1.82) is 0 Å². The summed E-state index contributed by atoms with van der Waals surface area (Å²) in [4.78, 5) is 42.3. The van der Waals surface area contributed by atoms with Crippen molar-refractivity contribution >= 4 is 23.5 Å². The molecule has 0 radical (unpaired) electrons. The molecule has 0 spiro atoms. The van der Waals surface area contributed by atoms with E-state index in [1.807, 2.05) is 0 Å². The van der Waals surface area contributed by atoms with E-state index in [0.717, 1.165) is 12.8 Å². The molecule has 1 aromatic carbocycles. The number of unbranched alkanes of at least 4 members (excludes halogenated alkanes) is 1. The number of anilines is 1. The normalized spacial score (nSPS) is 10.2. The molecule has 1 heterocycles. The number of hydrogen-bond donors (Lipinski definition) is 1. The molecule has 28 heavy (non-hydrogen) atoms. The van der Waals surface area contributed by atoms with Gasteiger partial charge < -0.3 is 15.0 Å². The number of pyridine rings is 1. The summed E-state index contributed by atoms with van der Waals surface area (Å²) in [5.41, 5.74) is 1.47. The van der Waals surface area contributed by atoms with Gasteiger partial charge in [0.2, 0.25) is 0 Å². The Balaban J connectivity index is 2.06. The number of carbonyl (C=O) groups is 3. The highest BCUT2D eigenvalue weighted by Gasteiger charge is 2.15. The Morgan fingerprint density at radius 2 is 1.79 bits per heavy atom. The third-order valence-electron chi connectivity index (χ3n) is 4.09. The van der Waals surface area contributed by atoms with Gasteiger partial charge in [0.1, 0.15) is 5.69 Å². The van der Waals surface area contributed by atoms with Crippen LogP contribution in [0.2, 0.25) is 0 Å². The third-order valence-corrected chi connectivity index (χ3v) is 4.09. The van der Waals surface area contributed by atoms with Crippen molar-refractivity contribution in [2.45, 2.75) is 26.7 Å². The number of carbonyl (C=O) groups excluding carboxylic acids is 3. The Morgan fingerprint density at radius 1 is 1.07 bits per heavy atom. The summed E-state index contributed by atoms with van der Waals surface area (Å²) in [6.07, 6.45) is 3.36. The van der Waals surface area contributed by atoms with E-state index >= 15 is 0 Å². The van der Waals surface area contributed by atoms with Crippen LogP contribution in [0.4, 0.5) is 5.69 Å². The average Bonchev–Trinajstić information content (AvgIpc) is 2.72. The third kappa shape index (κ3) is 5.64. The number of hydrogen-bond acceptors (Lipinski definition) is 5. The second-order valence-corrected chi connectivity index (χ2v) is 6.26. The highest BCUT2D eigenvalue weighted by molar-refractivity contribution is 6.05. The molecule has 0 saturated heterocycles. The molecule has 0 unspecified atom stereocenters. The maximum atomic E-state index is 12.5. The van der Waals surface area contributed by atoms with Crippen molar-refractivity contribution in [3.63, 3.8) is 0 Å². The summed E-state index contributed by atoms with van der Waals surface area (Å²) < 4.78 is 4.93. The van der Waals surface area contributed by atoms with Crippen molar-refractivity contribution in [2.75, 3.05) is 25.5 Å². The van der Waals surface area contributed by atoms with Gasteiger partial charge in [-0.05, 0) is 49.7 Å². The maximum absolute atomic E-state index is 12.5. The van der Waals surface area contributed by atoms with Crippen LogP contribution < -0.4 is 5.32 Å². The van der Waals surface area contributed by atoms with Gasteiger partial charge in [0.05, 0.1) is 12.2 Å². The Hall–Kier alpha value is -3.22. The molecule has 0 aliphatic rings. The number of nitrogens with zero attached hydrogens (tertiary/aromatic N) is 2. The highest BCUT2D eigenvalue weighted by Crippen LogP contribution is 2.13. The molecular weight excluding hydrogens is 358 g/mol. The molecule has 7 nitrogen and oxygen atoms in total. The molecule has 0 saturated carbocycles. The number of esters is 1. The molecule has 0 bridgehead atoms. The first-order valence-electron chi connectivity index (χ1n) is 9.26. The van der Waals surface area contributed by atoms with Crippen LogP contribution >= 0.6 is 0 Å². The van der Waals surface area contributed by atoms with Gasteiger partial charge in [0.15, 0.2) is 0 Å². The minimum Gasteiger partial charge on any atom is -0.462 e. The van der Waals surface area contributed by atoms with Gasteiger partial charge in [-0.15, -0.1) is 0 Å². The van der Waals surface area contributed by atoms with E-state index in [-0.39, 0.29) is 11.6 Å². The van der Waals surface area contributed by atoms with E-state index < -0.39 is 11.9 Å². The number of benzene rings is 1. The van der Waals surface area contributed by atoms with E-state index in [1.165, 1.54) is 12.3 Å². The Morgan fingerprint density at radius 3 is 2.43 bits per heavy atom. The van der Waals surface area contributed by atoms with E-state index in [1.54, 1.807) is 49.2 Å². The molecule has 1 aromatic heterocycles. The zero-order valence-electron chi connectivity index (χ0n) is 16.4. The van der Waals surface area contributed by atoms with E-state index in [4.69, 9.17) is 4.74 Å². The molecule has 1 N–H and O–H groups in total. The predicted molar refractivity (Wildman–Crippen MR) is 106 cm³/mol. The SMILES string of the molecule is CCCCN(C)C(=O)c1ccnc(C(=O)Nc2ccc(C(=O)OCC)cc2)c1. The summed E-state index contributed by atoms with van der Waals surface area (Å²) in [6, 6.07) is 9.44. The Kier molecular flexibility index (Phi) is 7.68. The number of ether oxygens (including phenoxy) is 1. The minimum atomic E-state index is -0.435. The van der Waals surface area contributed by atoms with Gasteiger partial charge in [-0.25, -0.2) is 4.79 Å². The fourth-order valence-electron chi connectivity index (χ4n) is 2.50. The van der Waals surface area contributed by atoms with Crippen LogP contribution in [0.25, 0.3) is 0 Å². The number of nitrogens with one attached hydrogen (secondary N) is 1. The van der Waals surface area contributed by atoms with Crippen molar-refractivity contribution in [1.82, 2.24) is 9.88 Å². The molecule has 2 rings (SSSR count). The van der Waals surface area contributed by atoms with E-state index in [0.29, 0.717) is 30.0 Å². The smallest absolute Gasteiger partial charge is 0.338 e. The van der Waals surface area contributed by atoms with Crippen LogP contribution in [0.5, 0.6) is 0 Å². The largest absolute Gasteiger partial charge is 0.462 e. The monoisotopic (exact) mass is 383 g/mol. The van der Waals surface area contributed by atoms with Crippen molar-refractivity contribution < 1.29 is 19.1 Å². The summed E-state index contributed by atoms with van der Waals surface area (Å²) >= 11 is 0. The fourth-order valence-corrected chi connectivity index (χ4v) is 2.50. The quantitative estimate of drug-likeness (QED) is 0.706. The highest BCUT2D eigenvalue weighted by atomic mass is 16.5. The van der Waals surface area contributed by atoms with Crippen molar-refractivity contribution in [3.8, 4) is 0 Å². The van der Waals surface area contributed by atoms with E-state index in [2.05, 4.69) is 17.2 Å². The van der Waals surface area contributed by atoms with Crippen molar-refractivity contribution in [3.05, 3.63) is 59.4 Å². The van der Waals surface area contributed by atoms with Gasteiger partial charge in [-0.2, -0.15) is 0 Å². The minimum absolute atomic E-state index is 0.143. The molecule has 0 aliphatic carbocycles. The lowest BCUT2D eigenvalue weighted by atomic mass is 10.1. The second-order valence-electron chi connectivity index (χ2n) is 6.26. The topological polar surface area (TPSA) is 88.6 Å². The molecule has 148 valence electrons. The van der Waals surface area contributed by atoms with Crippen LogP contribution in [0.15, 0.2) is 42.6 Å². The maximum Gasteiger partial charge on any atom is 0.338 e. The van der Waals surface area contributed by atoms with Crippen LogP contribution in [0, 0.1) is 0 Å². The van der Waals surface area contributed by atoms with Gasteiger partial charge in [-0.3, -0.25) is 14.6 Å². The van der Waals surface area contributed by atoms with E-state index in [9.17, 15) is 14.4 Å². The van der Waals surface area contributed by atoms with Gasteiger partial charge in [0, 0.05) is 31.0 Å². The summed E-state index contributed by atoms with van der Waals surface area (Å²) in [5.74, 6) is -1.00. The zero-order chi connectivity index (χ0) is 20.5. The molecule has 7 heteroatoms. The predicted octanol–water partition coefficient (Wildman–Crippen LogP) is 3.38. The zero-order valence-corrected chi connectivity index (χ0v) is 16.4. The molecular formula is C21H25N3O4. The molecule has 0 fully saturated rings. The van der Waals surface area contributed by atoms with Crippen LogP contribution in [0.3, 0.4) is 0 Å². The summed E-state index contributed by atoms with van der Waals surface area (Å²) in [6.45, 7) is 4.75. The first-order valence-corrected chi connectivity index (χ1v) is 9.26. The number of aromatic nitrogens is 1. The van der Waals surface area contributed by atoms with Gasteiger partial charge in [0.25, 0.3) is 11.8 Å². The lowest BCUT2D eigenvalue weighted by molar-refractivity contribution is 0.0526.